The molecule has 0 bridgehead atoms. The van der Waals surface area contributed by atoms with Gasteiger partial charge in [-0.05, 0) is 99.9 Å². The normalized spacial score (nSPS) is 16.2. The minimum atomic E-state index is -0.275. The van der Waals surface area contributed by atoms with Crippen LogP contribution in [0.2, 0.25) is 5.02 Å². The Kier molecular flexibility index (Phi) is 11.5. The third-order valence-electron chi connectivity index (χ3n) is 7.81. The molecule has 1 saturated carbocycles. The Bertz CT molecular complexity index is 1710. The highest BCUT2D eigenvalue weighted by molar-refractivity contribution is 6.33. The lowest BCUT2D eigenvalue weighted by atomic mass is 9.91. The van der Waals surface area contributed by atoms with Crippen molar-refractivity contribution in [3.8, 4) is 11.3 Å². The molecule has 47 heavy (non-hydrogen) atoms. The highest BCUT2D eigenvalue weighted by atomic mass is 35.5. The van der Waals surface area contributed by atoms with E-state index < -0.39 is 0 Å². The van der Waals surface area contributed by atoms with Gasteiger partial charge < -0.3 is 26.2 Å². The van der Waals surface area contributed by atoms with Crippen LogP contribution in [0.1, 0.15) is 41.6 Å². The molecule has 244 valence electrons. The number of nitrogens with zero attached hydrogens (tertiary/aromatic N) is 3. The van der Waals surface area contributed by atoms with Crippen LogP contribution in [0.15, 0.2) is 91.1 Å². The first-order valence-electron chi connectivity index (χ1n) is 15.6. The number of benzene rings is 2. The van der Waals surface area contributed by atoms with Gasteiger partial charge in [0.05, 0.1) is 10.7 Å². The maximum Gasteiger partial charge on any atom is 0.251 e. The molecule has 0 unspecified atom stereocenters. The third-order valence-corrected chi connectivity index (χ3v) is 8.11. The molecule has 11 heteroatoms. The molecule has 5 rings (SSSR count). The fraction of sp³-hybridized carbons (Fsp3) is 0.278. The Morgan fingerprint density at radius 3 is 2.45 bits per heavy atom. The van der Waals surface area contributed by atoms with Crippen molar-refractivity contribution in [2.24, 2.45) is 0 Å². The topological polar surface area (TPSA) is 111 Å². The molecule has 2 heterocycles. The standard InChI is InChI=1S/C36H39ClFN7O2/c1-45(2)19-5-10-35(46)42-28-13-11-25(12-14-28)36(47)43-29-17-15-27(16-18-29)41-34-21-30(31(37)23-40-34)32-8-4-9-33(44-32)39-22-24-6-3-7-26(38)20-24/h3-14,20-21,23,27,29H,15-19,22H2,1-2H3,(H,39,44)(H,40,41)(H,42,46)(H,43,47). The van der Waals surface area contributed by atoms with E-state index in [-0.39, 0.29) is 29.7 Å². The van der Waals surface area contributed by atoms with Crippen molar-refractivity contribution in [2.75, 3.05) is 36.6 Å². The summed E-state index contributed by atoms with van der Waals surface area (Å²) in [7, 11) is 3.86. The maximum atomic E-state index is 13.5. The SMILES string of the molecule is CN(C)CC=CC(=O)Nc1ccc(C(=O)NC2CCC(Nc3cc(-c4cccc(NCc5cccc(F)c5)n4)c(Cl)cn3)CC2)cc1. The van der Waals surface area contributed by atoms with Crippen molar-refractivity contribution in [3.63, 3.8) is 0 Å². The highest BCUT2D eigenvalue weighted by Gasteiger charge is 2.23. The Morgan fingerprint density at radius 1 is 0.957 bits per heavy atom. The number of anilines is 3. The van der Waals surface area contributed by atoms with Crippen molar-refractivity contribution in [1.82, 2.24) is 20.2 Å². The van der Waals surface area contributed by atoms with Gasteiger partial charge in [-0.3, -0.25) is 9.59 Å². The summed E-state index contributed by atoms with van der Waals surface area (Å²) >= 11 is 6.54. The molecule has 0 saturated heterocycles. The molecule has 2 amide bonds. The number of hydrogen-bond donors (Lipinski definition) is 4. The van der Waals surface area contributed by atoms with Crippen LogP contribution in [0.3, 0.4) is 0 Å². The summed E-state index contributed by atoms with van der Waals surface area (Å²) in [5, 5.41) is 13.2. The smallest absolute Gasteiger partial charge is 0.251 e. The second-order valence-corrected chi connectivity index (χ2v) is 12.2. The fourth-order valence-corrected chi connectivity index (χ4v) is 5.56. The lowest BCUT2D eigenvalue weighted by Gasteiger charge is -2.30. The summed E-state index contributed by atoms with van der Waals surface area (Å²) in [6.07, 6.45) is 8.32. The first kappa shape index (κ1) is 33.6. The second kappa shape index (κ2) is 16.2. The number of pyridine rings is 2. The summed E-state index contributed by atoms with van der Waals surface area (Å²) in [5.41, 5.74) is 3.45. The van der Waals surface area contributed by atoms with Crippen LogP contribution >= 0.6 is 11.6 Å². The number of aromatic nitrogens is 2. The zero-order chi connectivity index (χ0) is 33.2. The predicted octanol–water partition coefficient (Wildman–Crippen LogP) is 6.76. The number of likely N-dealkylation sites (N-methyl/N-ethyl adjacent to an activating group) is 1. The van der Waals surface area contributed by atoms with E-state index in [4.69, 9.17) is 16.6 Å². The van der Waals surface area contributed by atoms with Crippen molar-refractivity contribution in [3.05, 3.63) is 113 Å². The minimum absolute atomic E-state index is 0.0716. The number of rotatable bonds is 12. The number of nitrogens with one attached hydrogen (secondary N) is 4. The van der Waals surface area contributed by atoms with E-state index in [1.54, 1.807) is 42.6 Å². The van der Waals surface area contributed by atoms with E-state index >= 15 is 0 Å². The zero-order valence-electron chi connectivity index (χ0n) is 26.5. The number of carbonyl (C=O) groups excluding carboxylic acids is 2. The Labute approximate surface area is 279 Å². The monoisotopic (exact) mass is 655 g/mol. The van der Waals surface area contributed by atoms with Gasteiger partial charge in [0.2, 0.25) is 5.91 Å². The Hall–Kier alpha value is -4.80. The van der Waals surface area contributed by atoms with E-state index in [1.165, 1.54) is 18.2 Å². The van der Waals surface area contributed by atoms with Gasteiger partial charge in [0.1, 0.15) is 17.5 Å². The molecule has 1 aliphatic rings. The largest absolute Gasteiger partial charge is 0.367 e. The molecular formula is C36H39ClFN7O2. The molecule has 4 N–H and O–H groups in total. The van der Waals surface area contributed by atoms with Crippen LogP contribution in [0.4, 0.5) is 21.7 Å². The summed E-state index contributed by atoms with van der Waals surface area (Å²) in [6.45, 7) is 1.12. The fourth-order valence-electron chi connectivity index (χ4n) is 5.36. The molecule has 2 aromatic carbocycles. The van der Waals surface area contributed by atoms with Crippen LogP contribution in [0.5, 0.6) is 0 Å². The van der Waals surface area contributed by atoms with Gasteiger partial charge in [-0.25, -0.2) is 14.4 Å². The summed E-state index contributed by atoms with van der Waals surface area (Å²) in [4.78, 5) is 36.1. The van der Waals surface area contributed by atoms with Gasteiger partial charge in [0, 0.05) is 54.3 Å². The molecule has 9 nitrogen and oxygen atoms in total. The van der Waals surface area contributed by atoms with E-state index in [0.29, 0.717) is 46.7 Å². The van der Waals surface area contributed by atoms with E-state index in [2.05, 4.69) is 26.3 Å². The second-order valence-electron chi connectivity index (χ2n) is 11.8. The molecular weight excluding hydrogens is 617 g/mol. The Balaban J connectivity index is 1.10. The van der Waals surface area contributed by atoms with Gasteiger partial charge in [0.15, 0.2) is 0 Å². The number of hydrogen-bond acceptors (Lipinski definition) is 7. The van der Waals surface area contributed by atoms with Crippen LogP contribution in [0, 0.1) is 5.82 Å². The molecule has 1 aliphatic carbocycles. The molecule has 0 aliphatic heterocycles. The molecule has 2 aromatic heterocycles. The van der Waals surface area contributed by atoms with Crippen LogP contribution in [-0.2, 0) is 11.3 Å². The lowest BCUT2D eigenvalue weighted by molar-refractivity contribution is -0.111. The van der Waals surface area contributed by atoms with Gasteiger partial charge in [-0.15, -0.1) is 0 Å². The summed E-state index contributed by atoms with van der Waals surface area (Å²) < 4.78 is 13.5. The van der Waals surface area contributed by atoms with Crippen molar-refractivity contribution < 1.29 is 14.0 Å². The highest BCUT2D eigenvalue weighted by Crippen LogP contribution is 2.30. The van der Waals surface area contributed by atoms with Crippen molar-refractivity contribution >= 4 is 40.7 Å². The van der Waals surface area contributed by atoms with E-state index in [1.807, 2.05) is 49.3 Å². The lowest BCUT2D eigenvalue weighted by Crippen LogP contribution is -2.40. The molecule has 0 spiro atoms. The van der Waals surface area contributed by atoms with Crippen molar-refractivity contribution in [2.45, 2.75) is 44.3 Å². The van der Waals surface area contributed by atoms with E-state index in [9.17, 15) is 14.0 Å². The number of halogens is 2. The van der Waals surface area contributed by atoms with Crippen LogP contribution in [-0.4, -0.2) is 59.4 Å². The summed E-state index contributed by atoms with van der Waals surface area (Å²) in [6, 6.07) is 21.2. The number of amides is 2. The first-order chi connectivity index (χ1) is 22.7. The molecule has 4 aromatic rings. The minimum Gasteiger partial charge on any atom is -0.367 e. The van der Waals surface area contributed by atoms with Gasteiger partial charge in [-0.1, -0.05) is 35.9 Å². The quantitative estimate of drug-likeness (QED) is 0.125. The predicted molar refractivity (Wildman–Crippen MR) is 186 cm³/mol. The van der Waals surface area contributed by atoms with E-state index in [0.717, 1.165) is 36.8 Å². The first-order valence-corrected chi connectivity index (χ1v) is 16.0. The zero-order valence-corrected chi connectivity index (χ0v) is 27.2. The summed E-state index contributed by atoms with van der Waals surface area (Å²) in [5.74, 6) is 0.742. The number of carbonyl (C=O) groups is 2. The Morgan fingerprint density at radius 2 is 1.70 bits per heavy atom. The average Bonchev–Trinajstić information content (AvgIpc) is 3.06. The third kappa shape index (κ3) is 10.1. The van der Waals surface area contributed by atoms with Gasteiger partial charge in [-0.2, -0.15) is 0 Å². The molecule has 0 atom stereocenters. The van der Waals surface area contributed by atoms with Crippen molar-refractivity contribution in [1.29, 1.82) is 0 Å². The average molecular weight is 656 g/mol. The molecule has 1 fully saturated rings. The van der Waals surface area contributed by atoms with Gasteiger partial charge >= 0.3 is 0 Å². The van der Waals surface area contributed by atoms with Gasteiger partial charge in [0.25, 0.3) is 5.91 Å². The van der Waals surface area contributed by atoms with Crippen LogP contribution < -0.4 is 21.3 Å². The molecule has 0 radical (unpaired) electrons. The maximum absolute atomic E-state index is 13.5. The van der Waals surface area contributed by atoms with Crippen LogP contribution in [0.25, 0.3) is 11.3 Å².